The second kappa shape index (κ2) is 8.57. The predicted molar refractivity (Wildman–Crippen MR) is 108 cm³/mol. The van der Waals surface area contributed by atoms with Gasteiger partial charge in [-0.25, -0.2) is 21.1 Å². The Labute approximate surface area is 175 Å². The first-order valence-electron chi connectivity index (χ1n) is 9.49. The molecule has 166 valence electrons. The number of nitro benzene ring substituents is 1. The van der Waals surface area contributed by atoms with Crippen LogP contribution < -0.4 is 0 Å². The van der Waals surface area contributed by atoms with Gasteiger partial charge in [0.15, 0.2) is 4.90 Å². The zero-order valence-corrected chi connectivity index (χ0v) is 18.1. The van der Waals surface area contributed by atoms with Crippen LogP contribution in [0.25, 0.3) is 0 Å². The molecule has 2 fully saturated rings. The van der Waals surface area contributed by atoms with E-state index in [0.717, 1.165) is 16.6 Å². The van der Waals surface area contributed by atoms with Gasteiger partial charge in [-0.05, 0) is 18.9 Å². The van der Waals surface area contributed by atoms with Gasteiger partial charge >= 0.3 is 0 Å². The average molecular weight is 461 g/mol. The second-order valence-corrected chi connectivity index (χ2v) is 11.3. The summed E-state index contributed by atoms with van der Waals surface area (Å²) in [5.41, 5.74) is -0.487. The fraction of sp³-hybridized carbons (Fsp3) is 0.588. The molecule has 0 N–H and O–H groups in total. The Kier molecular flexibility index (Phi) is 6.45. The molecule has 0 spiro atoms. The largest absolute Gasteiger partial charge is 0.340 e. The molecular formula is C17H24N4O7S2. The van der Waals surface area contributed by atoms with E-state index < -0.39 is 36.6 Å². The summed E-state index contributed by atoms with van der Waals surface area (Å²) < 4.78 is 51.8. The maximum atomic E-state index is 12.9. The van der Waals surface area contributed by atoms with Gasteiger partial charge < -0.3 is 4.90 Å². The molecule has 1 aromatic carbocycles. The van der Waals surface area contributed by atoms with Crippen LogP contribution in [0.2, 0.25) is 0 Å². The number of para-hydroxylation sites is 1. The molecule has 3 rings (SSSR count). The van der Waals surface area contributed by atoms with Crippen molar-refractivity contribution in [1.82, 2.24) is 13.5 Å². The third-order valence-electron chi connectivity index (χ3n) is 5.43. The van der Waals surface area contributed by atoms with Gasteiger partial charge in [0.05, 0.1) is 17.1 Å². The molecule has 0 radical (unpaired) electrons. The van der Waals surface area contributed by atoms with Crippen molar-refractivity contribution in [1.29, 1.82) is 0 Å². The number of carbonyl (C=O) groups excluding carboxylic acids is 1. The minimum absolute atomic E-state index is 0.0165. The van der Waals surface area contributed by atoms with Gasteiger partial charge in [0.1, 0.15) is 0 Å². The Hall–Kier alpha value is -2.09. The number of sulfonamides is 2. The minimum Gasteiger partial charge on any atom is -0.340 e. The molecule has 1 aromatic rings. The van der Waals surface area contributed by atoms with E-state index in [4.69, 9.17) is 0 Å². The first-order valence-corrected chi connectivity index (χ1v) is 12.8. The molecule has 2 heterocycles. The molecule has 1 amide bonds. The molecule has 0 saturated carbocycles. The quantitative estimate of drug-likeness (QED) is 0.449. The molecule has 1 atom stereocenters. The van der Waals surface area contributed by atoms with E-state index in [0.29, 0.717) is 19.4 Å². The van der Waals surface area contributed by atoms with E-state index in [1.54, 1.807) is 4.90 Å². The van der Waals surface area contributed by atoms with Crippen molar-refractivity contribution in [2.24, 2.45) is 5.92 Å². The van der Waals surface area contributed by atoms with Crippen LogP contribution in [0.5, 0.6) is 0 Å². The van der Waals surface area contributed by atoms with Crippen molar-refractivity contribution in [2.75, 3.05) is 45.5 Å². The van der Waals surface area contributed by atoms with Crippen LogP contribution >= 0.6 is 0 Å². The molecule has 1 unspecified atom stereocenters. The Bertz CT molecular complexity index is 1030. The van der Waals surface area contributed by atoms with E-state index in [1.807, 2.05) is 0 Å². The summed E-state index contributed by atoms with van der Waals surface area (Å²) in [7, 11) is -7.45. The normalized spacial score (nSPS) is 22.0. The fourth-order valence-corrected chi connectivity index (χ4v) is 6.31. The zero-order valence-electron chi connectivity index (χ0n) is 16.5. The zero-order chi connectivity index (χ0) is 22.1. The van der Waals surface area contributed by atoms with Crippen molar-refractivity contribution in [3.05, 3.63) is 34.4 Å². The number of hydrogen-bond acceptors (Lipinski definition) is 7. The predicted octanol–water partition coefficient (Wildman–Crippen LogP) is 0.0993. The van der Waals surface area contributed by atoms with E-state index in [1.165, 1.54) is 22.5 Å². The Morgan fingerprint density at radius 3 is 2.27 bits per heavy atom. The van der Waals surface area contributed by atoms with E-state index in [9.17, 15) is 31.7 Å². The lowest BCUT2D eigenvalue weighted by atomic mass is 9.98. The molecule has 0 bridgehead atoms. The molecule has 2 aliphatic rings. The lowest BCUT2D eigenvalue weighted by Gasteiger charge is -2.38. The molecule has 13 heteroatoms. The summed E-state index contributed by atoms with van der Waals surface area (Å²) in [6, 6.07) is 5.17. The molecule has 11 nitrogen and oxygen atoms in total. The fourth-order valence-electron chi connectivity index (χ4n) is 3.82. The van der Waals surface area contributed by atoms with Gasteiger partial charge in [0.2, 0.25) is 26.0 Å². The highest BCUT2D eigenvalue weighted by Crippen LogP contribution is 2.27. The number of nitrogens with zero attached hydrogens (tertiary/aromatic N) is 4. The smallest absolute Gasteiger partial charge is 0.289 e. The number of nitro groups is 1. The lowest BCUT2D eigenvalue weighted by molar-refractivity contribution is -0.387. The van der Waals surface area contributed by atoms with Crippen molar-refractivity contribution in [3.8, 4) is 0 Å². The van der Waals surface area contributed by atoms with E-state index >= 15 is 0 Å². The van der Waals surface area contributed by atoms with Crippen molar-refractivity contribution in [2.45, 2.75) is 17.7 Å². The molecule has 0 aromatic heterocycles. The average Bonchev–Trinajstić information content (AvgIpc) is 2.72. The van der Waals surface area contributed by atoms with Gasteiger partial charge in [0, 0.05) is 45.3 Å². The highest BCUT2D eigenvalue weighted by atomic mass is 32.2. The number of amides is 1. The van der Waals surface area contributed by atoms with Crippen LogP contribution in [-0.4, -0.2) is 86.7 Å². The third-order valence-corrected chi connectivity index (χ3v) is 8.65. The van der Waals surface area contributed by atoms with Crippen LogP contribution in [-0.2, 0) is 24.8 Å². The summed E-state index contributed by atoms with van der Waals surface area (Å²) in [4.78, 5) is 24.5. The van der Waals surface area contributed by atoms with Crippen LogP contribution in [0.1, 0.15) is 12.8 Å². The van der Waals surface area contributed by atoms with Crippen molar-refractivity contribution >= 4 is 31.6 Å². The van der Waals surface area contributed by atoms with Gasteiger partial charge in [-0.15, -0.1) is 0 Å². The molecule has 2 aliphatic heterocycles. The standard InChI is InChI=1S/C17H24N4O7S2/c1-29(25,26)20-8-4-5-14(13-20)17(22)18-9-11-19(12-10-18)30(27,28)16-7-3-2-6-15(16)21(23)24/h2-3,6-7,14H,4-5,8-13H2,1H3. The number of hydrogen-bond donors (Lipinski definition) is 0. The number of carbonyl (C=O) groups is 1. The summed E-state index contributed by atoms with van der Waals surface area (Å²) in [5.74, 6) is -0.641. The van der Waals surface area contributed by atoms with Gasteiger partial charge in [-0.3, -0.25) is 14.9 Å². The monoisotopic (exact) mass is 460 g/mol. The first-order chi connectivity index (χ1) is 14.0. The number of benzene rings is 1. The number of piperazine rings is 1. The summed E-state index contributed by atoms with van der Waals surface area (Å²) in [6.45, 7) is 0.851. The first kappa shape index (κ1) is 22.6. The Balaban J connectivity index is 1.67. The Morgan fingerprint density at radius 1 is 1.03 bits per heavy atom. The lowest BCUT2D eigenvalue weighted by Crippen LogP contribution is -2.54. The van der Waals surface area contributed by atoms with E-state index in [-0.39, 0.29) is 43.5 Å². The molecule has 0 aliphatic carbocycles. The number of rotatable bonds is 5. The maximum Gasteiger partial charge on any atom is 0.289 e. The molecule has 30 heavy (non-hydrogen) atoms. The maximum absolute atomic E-state index is 12.9. The van der Waals surface area contributed by atoms with Crippen LogP contribution in [0.3, 0.4) is 0 Å². The highest BCUT2D eigenvalue weighted by molar-refractivity contribution is 7.89. The number of piperidine rings is 1. The van der Waals surface area contributed by atoms with Crippen LogP contribution in [0.4, 0.5) is 5.69 Å². The van der Waals surface area contributed by atoms with Gasteiger partial charge in [0.25, 0.3) is 5.69 Å². The summed E-state index contributed by atoms with van der Waals surface area (Å²) in [5, 5.41) is 11.2. The summed E-state index contributed by atoms with van der Waals surface area (Å²) >= 11 is 0. The summed E-state index contributed by atoms with van der Waals surface area (Å²) in [6.07, 6.45) is 2.29. The van der Waals surface area contributed by atoms with E-state index in [2.05, 4.69) is 0 Å². The Morgan fingerprint density at radius 2 is 1.67 bits per heavy atom. The van der Waals surface area contributed by atoms with Crippen LogP contribution in [0.15, 0.2) is 29.2 Å². The SMILES string of the molecule is CS(=O)(=O)N1CCCC(C(=O)N2CCN(S(=O)(=O)c3ccccc3[N+](=O)[O-])CC2)C1. The van der Waals surface area contributed by atoms with Gasteiger partial charge in [-0.1, -0.05) is 12.1 Å². The molecular weight excluding hydrogens is 436 g/mol. The minimum atomic E-state index is -4.07. The van der Waals surface area contributed by atoms with Gasteiger partial charge in [-0.2, -0.15) is 4.31 Å². The topological polar surface area (TPSA) is 138 Å². The van der Waals surface area contributed by atoms with Crippen LogP contribution in [0, 0.1) is 16.0 Å². The van der Waals surface area contributed by atoms with Crippen molar-refractivity contribution < 1.29 is 26.6 Å². The molecule has 2 saturated heterocycles. The highest BCUT2D eigenvalue weighted by Gasteiger charge is 2.37. The second-order valence-electron chi connectivity index (χ2n) is 7.41. The third kappa shape index (κ3) is 4.63. The van der Waals surface area contributed by atoms with Crippen molar-refractivity contribution in [3.63, 3.8) is 0 Å².